The molecule has 4 rings (SSSR count). The number of nitrogens with zero attached hydrogens (tertiary/aromatic N) is 1. The van der Waals surface area contributed by atoms with Crippen molar-refractivity contribution in [3.05, 3.63) is 84.3 Å². The van der Waals surface area contributed by atoms with E-state index < -0.39 is 0 Å². The highest BCUT2D eigenvalue weighted by Crippen LogP contribution is 2.48. The second-order valence-electron chi connectivity index (χ2n) is 8.59. The molecule has 1 aromatic rings. The minimum atomic E-state index is -0.171. The van der Waals surface area contributed by atoms with Gasteiger partial charge in [0.2, 0.25) is 0 Å². The Kier molecular flexibility index (Phi) is 5.34. The minimum absolute atomic E-state index is 0.152. The number of allylic oxidation sites excluding steroid dienone is 3. The molecule has 1 aliphatic carbocycles. The molecule has 0 spiro atoms. The number of halogens is 1. The summed E-state index contributed by atoms with van der Waals surface area (Å²) in [5.74, 6) is 0.176. The van der Waals surface area contributed by atoms with Gasteiger partial charge in [-0.1, -0.05) is 62.4 Å². The highest BCUT2D eigenvalue weighted by Gasteiger charge is 2.47. The second kappa shape index (κ2) is 7.36. The summed E-state index contributed by atoms with van der Waals surface area (Å²) < 4.78 is 13.7. The SMILES string of the molecule is C=C(C)CC1C2C(=C)/C=C\C=C/C(CC2(C)C)N1Cc1cccc(F)c1. The third kappa shape index (κ3) is 3.91. The molecular formula is C24H30FN. The van der Waals surface area contributed by atoms with Crippen LogP contribution >= 0.6 is 0 Å². The fourth-order valence-corrected chi connectivity index (χ4v) is 4.82. The lowest BCUT2D eigenvalue weighted by Gasteiger charge is -2.54. The van der Waals surface area contributed by atoms with Crippen molar-refractivity contribution < 1.29 is 4.39 Å². The molecule has 26 heavy (non-hydrogen) atoms. The number of fused-ring (bicyclic) bond motifs is 4. The predicted octanol–water partition coefficient (Wildman–Crippen LogP) is 6.06. The van der Waals surface area contributed by atoms with Gasteiger partial charge in [-0.15, -0.1) is 6.58 Å². The summed E-state index contributed by atoms with van der Waals surface area (Å²) in [4.78, 5) is 2.54. The topological polar surface area (TPSA) is 3.24 Å². The van der Waals surface area contributed by atoms with Crippen LogP contribution in [0.1, 0.15) is 39.2 Å². The largest absolute Gasteiger partial charge is 0.289 e. The Balaban J connectivity index is 2.04. The molecule has 2 bridgehead atoms. The Morgan fingerprint density at radius 2 is 2.08 bits per heavy atom. The van der Waals surface area contributed by atoms with Gasteiger partial charge in [0.1, 0.15) is 5.82 Å². The van der Waals surface area contributed by atoms with Crippen LogP contribution < -0.4 is 0 Å². The molecule has 138 valence electrons. The fourth-order valence-electron chi connectivity index (χ4n) is 4.82. The average Bonchev–Trinajstić information content (AvgIpc) is 2.62. The van der Waals surface area contributed by atoms with Crippen LogP contribution in [-0.4, -0.2) is 17.0 Å². The van der Waals surface area contributed by atoms with Crippen LogP contribution in [0, 0.1) is 17.2 Å². The van der Waals surface area contributed by atoms with E-state index in [1.807, 2.05) is 6.07 Å². The number of hydrogen-bond donors (Lipinski definition) is 0. The number of rotatable bonds is 4. The van der Waals surface area contributed by atoms with E-state index in [0.29, 0.717) is 18.0 Å². The average molecular weight is 352 g/mol. The van der Waals surface area contributed by atoms with Crippen molar-refractivity contribution in [2.45, 2.75) is 52.2 Å². The van der Waals surface area contributed by atoms with Gasteiger partial charge >= 0.3 is 0 Å². The third-order valence-corrected chi connectivity index (χ3v) is 5.78. The normalized spacial score (nSPS) is 30.3. The first-order chi connectivity index (χ1) is 12.3. The van der Waals surface area contributed by atoms with Crippen LogP contribution in [0.3, 0.4) is 0 Å². The Labute approximate surface area is 157 Å². The molecule has 1 aromatic carbocycles. The van der Waals surface area contributed by atoms with E-state index in [1.165, 1.54) is 17.2 Å². The summed E-state index contributed by atoms with van der Waals surface area (Å²) in [6.45, 7) is 16.1. The molecule has 0 saturated carbocycles. The predicted molar refractivity (Wildman–Crippen MR) is 108 cm³/mol. The van der Waals surface area contributed by atoms with Gasteiger partial charge in [0.25, 0.3) is 0 Å². The molecule has 0 radical (unpaired) electrons. The maximum atomic E-state index is 13.7. The summed E-state index contributed by atoms with van der Waals surface area (Å²) in [5, 5.41) is 0. The van der Waals surface area contributed by atoms with E-state index >= 15 is 0 Å². The van der Waals surface area contributed by atoms with Gasteiger partial charge < -0.3 is 0 Å². The van der Waals surface area contributed by atoms with Crippen LogP contribution in [0.25, 0.3) is 0 Å². The zero-order valence-corrected chi connectivity index (χ0v) is 16.2. The Morgan fingerprint density at radius 1 is 1.31 bits per heavy atom. The summed E-state index contributed by atoms with van der Waals surface area (Å²) in [6.07, 6.45) is 10.7. The zero-order valence-electron chi connectivity index (χ0n) is 16.2. The summed E-state index contributed by atoms with van der Waals surface area (Å²) in [5.41, 5.74) is 3.53. The summed E-state index contributed by atoms with van der Waals surface area (Å²) >= 11 is 0. The van der Waals surface area contributed by atoms with E-state index in [0.717, 1.165) is 24.9 Å². The molecule has 3 unspecified atom stereocenters. The number of piperidine rings is 1. The molecule has 3 atom stereocenters. The van der Waals surface area contributed by atoms with Crippen LogP contribution in [0.5, 0.6) is 0 Å². The van der Waals surface area contributed by atoms with Gasteiger partial charge in [0, 0.05) is 24.5 Å². The Bertz CT molecular complexity index is 755. The van der Waals surface area contributed by atoms with E-state index in [4.69, 9.17) is 0 Å². The molecule has 0 amide bonds. The van der Waals surface area contributed by atoms with Crippen LogP contribution in [0.15, 0.2) is 72.9 Å². The highest BCUT2D eigenvalue weighted by molar-refractivity contribution is 5.31. The van der Waals surface area contributed by atoms with Gasteiger partial charge in [-0.2, -0.15) is 0 Å². The van der Waals surface area contributed by atoms with Crippen LogP contribution in [-0.2, 0) is 6.54 Å². The molecule has 0 N–H and O–H groups in total. The first kappa shape index (κ1) is 18.8. The standard InChI is InChI=1S/C24H30FN/c1-17(2)13-22-23-18(3)9-6-7-12-21(15-24(23,4)5)26(22)16-19-10-8-11-20(25)14-19/h6-12,14,21-23H,1,3,13,15-16H2,2,4-5H3/b9-6-,12-7-. The lowest BCUT2D eigenvalue weighted by Crippen LogP contribution is -2.56. The highest BCUT2D eigenvalue weighted by atomic mass is 19.1. The van der Waals surface area contributed by atoms with E-state index in [1.54, 1.807) is 12.1 Å². The monoisotopic (exact) mass is 351 g/mol. The van der Waals surface area contributed by atoms with Gasteiger partial charge in [0.15, 0.2) is 0 Å². The molecule has 1 nitrogen and oxygen atoms in total. The van der Waals surface area contributed by atoms with Crippen molar-refractivity contribution in [1.82, 2.24) is 4.90 Å². The molecule has 1 saturated heterocycles. The molecule has 2 heterocycles. The third-order valence-electron chi connectivity index (χ3n) is 5.78. The minimum Gasteiger partial charge on any atom is -0.289 e. The van der Waals surface area contributed by atoms with Crippen molar-refractivity contribution in [3.8, 4) is 0 Å². The maximum Gasteiger partial charge on any atom is 0.123 e. The lowest BCUT2D eigenvalue weighted by molar-refractivity contribution is -0.0110. The molecule has 2 aliphatic heterocycles. The fraction of sp³-hybridized carbons (Fsp3) is 0.417. The first-order valence-corrected chi connectivity index (χ1v) is 9.46. The van der Waals surface area contributed by atoms with Gasteiger partial charge in [0.05, 0.1) is 0 Å². The Morgan fingerprint density at radius 3 is 2.77 bits per heavy atom. The smallest absolute Gasteiger partial charge is 0.123 e. The van der Waals surface area contributed by atoms with Gasteiger partial charge in [-0.25, -0.2) is 4.39 Å². The summed E-state index contributed by atoms with van der Waals surface area (Å²) in [6, 6.07) is 7.61. The van der Waals surface area contributed by atoms with Crippen molar-refractivity contribution in [1.29, 1.82) is 0 Å². The van der Waals surface area contributed by atoms with Gasteiger partial charge in [-0.05, 0) is 48.4 Å². The molecule has 2 heteroatoms. The Hall–Kier alpha value is -1.93. The van der Waals surface area contributed by atoms with E-state index in [-0.39, 0.29) is 11.2 Å². The molecule has 3 aliphatic rings. The van der Waals surface area contributed by atoms with E-state index in [9.17, 15) is 4.39 Å². The number of benzene rings is 1. The number of hydrogen-bond acceptors (Lipinski definition) is 1. The molecular weight excluding hydrogens is 321 g/mol. The maximum absolute atomic E-state index is 13.7. The quantitative estimate of drug-likeness (QED) is 0.596. The van der Waals surface area contributed by atoms with Crippen molar-refractivity contribution >= 4 is 0 Å². The van der Waals surface area contributed by atoms with Crippen molar-refractivity contribution in [2.24, 2.45) is 11.3 Å². The van der Waals surface area contributed by atoms with Crippen LogP contribution in [0.4, 0.5) is 4.39 Å². The van der Waals surface area contributed by atoms with Crippen molar-refractivity contribution in [2.75, 3.05) is 0 Å². The van der Waals surface area contributed by atoms with Crippen LogP contribution in [0.2, 0.25) is 0 Å². The summed E-state index contributed by atoms with van der Waals surface area (Å²) in [7, 11) is 0. The van der Waals surface area contributed by atoms with Gasteiger partial charge in [-0.3, -0.25) is 4.90 Å². The van der Waals surface area contributed by atoms with E-state index in [2.05, 4.69) is 63.1 Å². The lowest BCUT2D eigenvalue weighted by atomic mass is 9.63. The molecule has 0 aromatic heterocycles. The van der Waals surface area contributed by atoms with Crippen molar-refractivity contribution in [3.63, 3.8) is 0 Å². The second-order valence-corrected chi connectivity index (χ2v) is 8.59. The molecule has 1 fully saturated rings. The zero-order chi connectivity index (χ0) is 18.9. The first-order valence-electron chi connectivity index (χ1n) is 9.46.